The summed E-state index contributed by atoms with van der Waals surface area (Å²) in [6, 6.07) is 6.62. The van der Waals surface area contributed by atoms with Crippen molar-refractivity contribution in [2.24, 2.45) is 7.05 Å². The number of esters is 1. The molecule has 1 amide bonds. The molecule has 0 aliphatic carbocycles. The number of carbonyl (C=O) groups is 2. The van der Waals surface area contributed by atoms with E-state index in [1.54, 1.807) is 24.6 Å². The number of hydrogen-bond donors (Lipinski definition) is 1. The summed E-state index contributed by atoms with van der Waals surface area (Å²) in [7, 11) is 1.71. The van der Waals surface area contributed by atoms with E-state index >= 15 is 0 Å². The van der Waals surface area contributed by atoms with Crippen LogP contribution in [0.2, 0.25) is 5.02 Å². The van der Waals surface area contributed by atoms with Crippen molar-refractivity contribution in [3.8, 4) is 6.07 Å². The molecule has 8 nitrogen and oxygen atoms in total. The molecule has 0 atom stereocenters. The lowest BCUT2D eigenvalue weighted by atomic mass is 10.2. The lowest BCUT2D eigenvalue weighted by molar-refractivity contribution is -0.142. The molecule has 0 saturated heterocycles. The number of nitrogens with zero attached hydrogens (tertiary/aromatic N) is 4. The highest BCUT2D eigenvalue weighted by Crippen LogP contribution is 2.21. The zero-order valence-electron chi connectivity index (χ0n) is 14.2. The van der Waals surface area contributed by atoms with Crippen LogP contribution in [0.15, 0.2) is 23.4 Å². The molecule has 0 bridgehead atoms. The SMILES string of the molecule is CCOC(=O)Cc1nnc(SCC(=O)Nc2cc(Cl)ccc2C#N)n1C. The number of aromatic nitrogens is 3. The quantitative estimate of drug-likeness (QED) is 0.567. The third-order valence-electron chi connectivity index (χ3n) is 3.24. The fourth-order valence-electron chi connectivity index (χ4n) is 2.00. The van der Waals surface area contributed by atoms with Gasteiger partial charge < -0.3 is 14.6 Å². The molecule has 0 fully saturated rings. The maximum absolute atomic E-state index is 12.1. The number of rotatable bonds is 7. The Morgan fingerprint density at radius 3 is 2.88 bits per heavy atom. The smallest absolute Gasteiger partial charge is 0.313 e. The van der Waals surface area contributed by atoms with Gasteiger partial charge in [-0.25, -0.2) is 0 Å². The second kappa shape index (κ2) is 9.22. The highest BCUT2D eigenvalue weighted by molar-refractivity contribution is 7.99. The van der Waals surface area contributed by atoms with Crippen molar-refractivity contribution in [2.75, 3.05) is 17.7 Å². The summed E-state index contributed by atoms with van der Waals surface area (Å²) >= 11 is 7.06. The van der Waals surface area contributed by atoms with Gasteiger partial charge in [0.15, 0.2) is 5.16 Å². The predicted molar refractivity (Wildman–Crippen MR) is 96.9 cm³/mol. The van der Waals surface area contributed by atoms with Crippen molar-refractivity contribution in [2.45, 2.75) is 18.5 Å². The Labute approximate surface area is 159 Å². The number of amides is 1. The molecular formula is C16H16ClN5O3S. The Morgan fingerprint density at radius 2 is 2.19 bits per heavy atom. The van der Waals surface area contributed by atoms with Gasteiger partial charge in [0.2, 0.25) is 5.91 Å². The minimum Gasteiger partial charge on any atom is -0.466 e. The Morgan fingerprint density at radius 1 is 1.42 bits per heavy atom. The second-order valence-electron chi connectivity index (χ2n) is 5.08. The summed E-state index contributed by atoms with van der Waals surface area (Å²) in [5.74, 6) is -0.193. The fraction of sp³-hybridized carbons (Fsp3) is 0.312. The van der Waals surface area contributed by atoms with Gasteiger partial charge in [-0.1, -0.05) is 23.4 Å². The average molecular weight is 394 g/mol. The van der Waals surface area contributed by atoms with Crippen LogP contribution in [0, 0.1) is 11.3 Å². The van der Waals surface area contributed by atoms with E-state index in [2.05, 4.69) is 15.5 Å². The van der Waals surface area contributed by atoms with E-state index in [9.17, 15) is 9.59 Å². The van der Waals surface area contributed by atoms with Crippen LogP contribution in [0.1, 0.15) is 18.3 Å². The first-order valence-corrected chi connectivity index (χ1v) is 8.97. The lowest BCUT2D eigenvalue weighted by Crippen LogP contribution is -2.15. The number of halogens is 1. The highest BCUT2D eigenvalue weighted by Gasteiger charge is 2.15. The van der Waals surface area contributed by atoms with Gasteiger partial charge >= 0.3 is 5.97 Å². The maximum Gasteiger partial charge on any atom is 0.313 e. The van der Waals surface area contributed by atoms with E-state index in [1.165, 1.54) is 12.1 Å². The zero-order valence-corrected chi connectivity index (χ0v) is 15.7. The topological polar surface area (TPSA) is 110 Å². The first-order chi connectivity index (χ1) is 12.4. The first-order valence-electron chi connectivity index (χ1n) is 7.60. The number of hydrogen-bond acceptors (Lipinski definition) is 7. The molecule has 0 aliphatic rings. The van der Waals surface area contributed by atoms with Crippen LogP contribution in [0.3, 0.4) is 0 Å². The van der Waals surface area contributed by atoms with Gasteiger partial charge in [0.1, 0.15) is 18.3 Å². The zero-order chi connectivity index (χ0) is 19.1. The molecule has 2 rings (SSSR count). The molecule has 0 unspecified atom stereocenters. The fourth-order valence-corrected chi connectivity index (χ4v) is 2.90. The van der Waals surface area contributed by atoms with E-state index < -0.39 is 0 Å². The number of nitrogens with one attached hydrogen (secondary N) is 1. The van der Waals surface area contributed by atoms with Crippen LogP contribution in [0.5, 0.6) is 0 Å². The summed E-state index contributed by atoms with van der Waals surface area (Å²) in [6.07, 6.45) is 0.0120. The molecule has 1 aromatic heterocycles. The molecule has 136 valence electrons. The Hall–Kier alpha value is -2.57. The minimum absolute atomic E-state index is 0.0120. The monoisotopic (exact) mass is 393 g/mol. The van der Waals surface area contributed by atoms with Crippen LogP contribution >= 0.6 is 23.4 Å². The normalized spacial score (nSPS) is 10.2. The first kappa shape index (κ1) is 19.8. The average Bonchev–Trinajstić information content (AvgIpc) is 2.93. The molecule has 10 heteroatoms. The molecular weight excluding hydrogens is 378 g/mol. The summed E-state index contributed by atoms with van der Waals surface area (Å²) in [5, 5.41) is 20.5. The predicted octanol–water partition coefficient (Wildman–Crippen LogP) is 2.18. The van der Waals surface area contributed by atoms with Gasteiger partial charge in [-0.3, -0.25) is 9.59 Å². The van der Waals surface area contributed by atoms with Gasteiger partial charge in [0.25, 0.3) is 0 Å². The molecule has 1 heterocycles. The van der Waals surface area contributed by atoms with E-state index in [1.807, 2.05) is 6.07 Å². The van der Waals surface area contributed by atoms with E-state index in [4.69, 9.17) is 21.6 Å². The van der Waals surface area contributed by atoms with Crippen molar-refractivity contribution < 1.29 is 14.3 Å². The van der Waals surface area contributed by atoms with Crippen molar-refractivity contribution >= 4 is 40.9 Å². The van der Waals surface area contributed by atoms with Crippen molar-refractivity contribution in [3.05, 3.63) is 34.6 Å². The van der Waals surface area contributed by atoms with E-state index in [0.717, 1.165) is 11.8 Å². The second-order valence-corrected chi connectivity index (χ2v) is 6.46. The summed E-state index contributed by atoms with van der Waals surface area (Å²) < 4.78 is 6.51. The maximum atomic E-state index is 12.1. The molecule has 1 N–H and O–H groups in total. The Balaban J connectivity index is 1.96. The van der Waals surface area contributed by atoms with Crippen LogP contribution in [-0.2, 0) is 27.8 Å². The van der Waals surface area contributed by atoms with Crippen molar-refractivity contribution in [1.82, 2.24) is 14.8 Å². The van der Waals surface area contributed by atoms with Crippen LogP contribution in [0.4, 0.5) is 5.69 Å². The summed E-state index contributed by atoms with van der Waals surface area (Å²) in [5.41, 5.74) is 0.676. The lowest BCUT2D eigenvalue weighted by Gasteiger charge is -2.07. The summed E-state index contributed by atoms with van der Waals surface area (Å²) in [4.78, 5) is 23.7. The molecule has 1 aromatic carbocycles. The highest BCUT2D eigenvalue weighted by atomic mass is 35.5. The number of ether oxygens (including phenoxy) is 1. The largest absolute Gasteiger partial charge is 0.466 e. The number of benzene rings is 1. The standard InChI is InChI=1S/C16H16ClN5O3S/c1-3-25-15(24)7-13-20-21-16(22(13)2)26-9-14(23)19-12-6-11(17)5-4-10(12)8-18/h4-6H,3,7,9H2,1-2H3,(H,19,23). The van der Waals surface area contributed by atoms with E-state index in [-0.39, 0.29) is 24.1 Å². The van der Waals surface area contributed by atoms with E-state index in [0.29, 0.717) is 33.9 Å². The van der Waals surface area contributed by atoms with Crippen molar-refractivity contribution in [3.63, 3.8) is 0 Å². The third-order valence-corrected chi connectivity index (χ3v) is 4.50. The number of anilines is 1. The van der Waals surface area contributed by atoms with Crippen LogP contribution in [-0.4, -0.2) is 39.0 Å². The number of nitriles is 1. The Bertz CT molecular complexity index is 862. The van der Waals surface area contributed by atoms with Crippen LogP contribution in [0.25, 0.3) is 0 Å². The minimum atomic E-state index is -0.387. The van der Waals surface area contributed by atoms with Crippen LogP contribution < -0.4 is 5.32 Å². The van der Waals surface area contributed by atoms with Gasteiger partial charge in [0.05, 0.1) is 23.6 Å². The van der Waals surface area contributed by atoms with Gasteiger partial charge in [-0.05, 0) is 25.1 Å². The molecule has 26 heavy (non-hydrogen) atoms. The Kier molecular flexibility index (Phi) is 7.00. The molecule has 0 aliphatic heterocycles. The molecule has 0 spiro atoms. The number of carbonyl (C=O) groups excluding carboxylic acids is 2. The molecule has 0 radical (unpaired) electrons. The van der Waals surface area contributed by atoms with Gasteiger partial charge in [-0.15, -0.1) is 10.2 Å². The number of thioether (sulfide) groups is 1. The van der Waals surface area contributed by atoms with Gasteiger partial charge in [-0.2, -0.15) is 5.26 Å². The van der Waals surface area contributed by atoms with Crippen molar-refractivity contribution in [1.29, 1.82) is 5.26 Å². The third kappa shape index (κ3) is 5.21. The summed E-state index contributed by atoms with van der Waals surface area (Å²) in [6.45, 7) is 2.03. The molecule has 2 aromatic rings. The molecule has 0 saturated carbocycles. The van der Waals surface area contributed by atoms with Gasteiger partial charge in [0, 0.05) is 12.1 Å².